The SMILES string of the molecule is Cc1ccc2c(C(=O)CN3CCN(c4ccccn4)CC3)c(C)[nH]c2c1. The van der Waals surface area contributed by atoms with Crippen molar-refractivity contribution in [3.05, 3.63) is 59.4 Å². The van der Waals surface area contributed by atoms with Crippen LogP contribution in [0.5, 0.6) is 0 Å². The van der Waals surface area contributed by atoms with Gasteiger partial charge >= 0.3 is 0 Å². The van der Waals surface area contributed by atoms with Crippen molar-refractivity contribution in [3.63, 3.8) is 0 Å². The van der Waals surface area contributed by atoms with Crippen LogP contribution in [-0.4, -0.2) is 53.4 Å². The normalized spacial score (nSPS) is 15.5. The zero-order valence-corrected chi connectivity index (χ0v) is 15.3. The third-order valence-corrected chi connectivity index (χ3v) is 5.13. The van der Waals surface area contributed by atoms with Crippen LogP contribution >= 0.6 is 0 Å². The standard InChI is InChI=1S/C21H24N4O/c1-15-6-7-17-18(13-15)23-16(2)21(17)19(26)14-24-9-11-25(12-10-24)20-5-3-4-8-22-20/h3-8,13,23H,9-12,14H2,1-2H3. The molecular weight excluding hydrogens is 324 g/mol. The van der Waals surface area contributed by atoms with Crippen LogP contribution in [0, 0.1) is 13.8 Å². The number of piperazine rings is 1. The molecule has 0 aliphatic carbocycles. The number of rotatable bonds is 4. The zero-order chi connectivity index (χ0) is 18.1. The molecule has 1 aliphatic heterocycles. The van der Waals surface area contributed by atoms with Gasteiger partial charge in [-0.2, -0.15) is 0 Å². The summed E-state index contributed by atoms with van der Waals surface area (Å²) in [4.78, 5) is 25.3. The topological polar surface area (TPSA) is 52.2 Å². The lowest BCUT2D eigenvalue weighted by molar-refractivity contribution is 0.0927. The van der Waals surface area contributed by atoms with E-state index < -0.39 is 0 Å². The van der Waals surface area contributed by atoms with Gasteiger partial charge in [0.25, 0.3) is 0 Å². The Bertz CT molecular complexity index is 924. The first-order valence-corrected chi connectivity index (χ1v) is 9.12. The molecule has 3 aromatic rings. The number of hydrogen-bond acceptors (Lipinski definition) is 4. The molecule has 0 amide bonds. The van der Waals surface area contributed by atoms with Crippen molar-refractivity contribution in [2.75, 3.05) is 37.6 Å². The van der Waals surface area contributed by atoms with E-state index >= 15 is 0 Å². The summed E-state index contributed by atoms with van der Waals surface area (Å²) in [6.45, 7) is 8.08. The Hall–Kier alpha value is -2.66. The van der Waals surface area contributed by atoms with Gasteiger partial charge in [0, 0.05) is 54.5 Å². The minimum Gasteiger partial charge on any atom is -0.358 e. The van der Waals surface area contributed by atoms with Crippen molar-refractivity contribution < 1.29 is 4.79 Å². The number of carbonyl (C=O) groups is 1. The van der Waals surface area contributed by atoms with E-state index in [0.717, 1.165) is 54.2 Å². The van der Waals surface area contributed by atoms with Crippen molar-refractivity contribution in [2.45, 2.75) is 13.8 Å². The Kier molecular flexibility index (Phi) is 4.47. The quantitative estimate of drug-likeness (QED) is 0.736. The van der Waals surface area contributed by atoms with Crippen LogP contribution < -0.4 is 4.90 Å². The fraction of sp³-hybridized carbons (Fsp3) is 0.333. The van der Waals surface area contributed by atoms with Crippen molar-refractivity contribution in [3.8, 4) is 0 Å². The molecule has 5 nitrogen and oxygen atoms in total. The molecule has 1 fully saturated rings. The number of H-pyrrole nitrogens is 1. The van der Waals surface area contributed by atoms with Gasteiger partial charge < -0.3 is 9.88 Å². The van der Waals surface area contributed by atoms with Crippen molar-refractivity contribution in [1.82, 2.24) is 14.9 Å². The molecule has 0 radical (unpaired) electrons. The predicted octanol–water partition coefficient (Wildman–Crippen LogP) is 3.18. The van der Waals surface area contributed by atoms with Gasteiger partial charge in [-0.25, -0.2) is 4.98 Å². The number of ketones is 1. The minimum atomic E-state index is 0.198. The number of carbonyl (C=O) groups excluding carboxylic acids is 1. The summed E-state index contributed by atoms with van der Waals surface area (Å²) in [6, 6.07) is 12.2. The van der Waals surface area contributed by atoms with Crippen molar-refractivity contribution >= 4 is 22.5 Å². The highest BCUT2D eigenvalue weighted by atomic mass is 16.1. The third-order valence-electron chi connectivity index (χ3n) is 5.13. The number of fused-ring (bicyclic) bond motifs is 1. The Labute approximate surface area is 153 Å². The van der Waals surface area contributed by atoms with Crippen LogP contribution in [0.3, 0.4) is 0 Å². The molecule has 3 heterocycles. The van der Waals surface area contributed by atoms with Gasteiger partial charge in [-0.3, -0.25) is 9.69 Å². The largest absolute Gasteiger partial charge is 0.358 e. The smallest absolute Gasteiger partial charge is 0.179 e. The first-order chi connectivity index (χ1) is 12.6. The molecule has 26 heavy (non-hydrogen) atoms. The lowest BCUT2D eigenvalue weighted by atomic mass is 10.0. The maximum atomic E-state index is 13.0. The number of anilines is 1. The first-order valence-electron chi connectivity index (χ1n) is 9.12. The number of aromatic amines is 1. The maximum absolute atomic E-state index is 13.0. The fourth-order valence-electron chi connectivity index (χ4n) is 3.76. The van der Waals surface area contributed by atoms with Crippen LogP contribution in [0.15, 0.2) is 42.6 Å². The highest BCUT2D eigenvalue weighted by Crippen LogP contribution is 2.24. The van der Waals surface area contributed by atoms with Crippen LogP contribution in [0.2, 0.25) is 0 Å². The van der Waals surface area contributed by atoms with Crippen LogP contribution in [0.4, 0.5) is 5.82 Å². The summed E-state index contributed by atoms with van der Waals surface area (Å²) in [5.74, 6) is 1.21. The Balaban J connectivity index is 1.44. The summed E-state index contributed by atoms with van der Waals surface area (Å²) < 4.78 is 0. The molecule has 4 rings (SSSR count). The lowest BCUT2D eigenvalue weighted by Crippen LogP contribution is -2.48. The number of nitrogens with one attached hydrogen (secondary N) is 1. The molecule has 5 heteroatoms. The Morgan fingerprint density at radius 1 is 1.12 bits per heavy atom. The molecule has 0 saturated carbocycles. The van der Waals surface area contributed by atoms with E-state index in [9.17, 15) is 4.79 Å². The third kappa shape index (κ3) is 3.22. The number of Topliss-reactive ketones (excluding diaryl/α,β-unsaturated/α-hetero) is 1. The van der Waals surface area contributed by atoms with E-state index in [1.165, 1.54) is 5.56 Å². The van der Waals surface area contributed by atoms with Crippen LogP contribution in [-0.2, 0) is 0 Å². The molecule has 0 atom stereocenters. The van der Waals surface area contributed by atoms with Gasteiger partial charge in [-0.15, -0.1) is 0 Å². The molecule has 1 saturated heterocycles. The van der Waals surface area contributed by atoms with Crippen molar-refractivity contribution in [2.24, 2.45) is 0 Å². The van der Waals surface area contributed by atoms with Gasteiger partial charge in [-0.05, 0) is 37.6 Å². The lowest BCUT2D eigenvalue weighted by Gasteiger charge is -2.35. The van der Waals surface area contributed by atoms with Crippen molar-refractivity contribution in [1.29, 1.82) is 0 Å². The highest BCUT2D eigenvalue weighted by Gasteiger charge is 2.22. The fourth-order valence-corrected chi connectivity index (χ4v) is 3.76. The number of pyridine rings is 1. The summed E-state index contributed by atoms with van der Waals surface area (Å²) in [5.41, 5.74) is 4.05. The predicted molar refractivity (Wildman–Crippen MR) is 105 cm³/mol. The first kappa shape index (κ1) is 16.8. The number of benzene rings is 1. The average molecular weight is 348 g/mol. The van der Waals surface area contributed by atoms with E-state index in [2.05, 4.69) is 44.9 Å². The van der Waals surface area contributed by atoms with E-state index in [1.54, 1.807) is 0 Å². The minimum absolute atomic E-state index is 0.198. The molecule has 1 N–H and O–H groups in total. The number of nitrogens with zero attached hydrogens (tertiary/aromatic N) is 3. The van der Waals surface area contributed by atoms with E-state index in [1.807, 2.05) is 31.3 Å². The molecule has 1 aromatic carbocycles. The Morgan fingerprint density at radius 2 is 1.92 bits per heavy atom. The monoisotopic (exact) mass is 348 g/mol. The number of aryl methyl sites for hydroxylation is 2. The molecule has 0 spiro atoms. The molecule has 134 valence electrons. The number of aromatic nitrogens is 2. The molecule has 0 unspecified atom stereocenters. The second-order valence-electron chi connectivity index (χ2n) is 7.05. The van der Waals surface area contributed by atoms with Gasteiger partial charge in [0.15, 0.2) is 5.78 Å². The van der Waals surface area contributed by atoms with Gasteiger partial charge in [0.05, 0.1) is 6.54 Å². The van der Waals surface area contributed by atoms with E-state index in [0.29, 0.717) is 6.54 Å². The van der Waals surface area contributed by atoms with Gasteiger partial charge in [0.2, 0.25) is 0 Å². The van der Waals surface area contributed by atoms with Gasteiger partial charge in [0.1, 0.15) is 5.82 Å². The molecular formula is C21H24N4O. The summed E-state index contributed by atoms with van der Waals surface area (Å²) >= 11 is 0. The number of hydrogen-bond donors (Lipinski definition) is 1. The maximum Gasteiger partial charge on any atom is 0.179 e. The van der Waals surface area contributed by atoms with Crippen LogP contribution in [0.1, 0.15) is 21.6 Å². The second kappa shape index (κ2) is 6.92. The summed E-state index contributed by atoms with van der Waals surface area (Å²) in [7, 11) is 0. The molecule has 2 aromatic heterocycles. The van der Waals surface area contributed by atoms with Crippen LogP contribution in [0.25, 0.3) is 10.9 Å². The Morgan fingerprint density at radius 3 is 2.65 bits per heavy atom. The molecule has 1 aliphatic rings. The summed E-state index contributed by atoms with van der Waals surface area (Å²) in [5, 5.41) is 1.03. The van der Waals surface area contributed by atoms with E-state index in [4.69, 9.17) is 0 Å². The zero-order valence-electron chi connectivity index (χ0n) is 15.3. The van der Waals surface area contributed by atoms with Gasteiger partial charge in [-0.1, -0.05) is 18.2 Å². The second-order valence-corrected chi connectivity index (χ2v) is 7.05. The van der Waals surface area contributed by atoms with E-state index in [-0.39, 0.29) is 5.78 Å². The molecule has 0 bridgehead atoms. The average Bonchev–Trinajstić information content (AvgIpc) is 2.98. The summed E-state index contributed by atoms with van der Waals surface area (Å²) in [6.07, 6.45) is 1.83. The highest BCUT2D eigenvalue weighted by molar-refractivity contribution is 6.10.